The molecule has 8 nitrogen and oxygen atoms in total. The van der Waals surface area contributed by atoms with Crippen molar-refractivity contribution in [3.8, 4) is 11.1 Å². The van der Waals surface area contributed by atoms with E-state index in [-0.39, 0.29) is 18.6 Å². The van der Waals surface area contributed by atoms with E-state index in [9.17, 15) is 22.8 Å². The van der Waals surface area contributed by atoms with Crippen molar-refractivity contribution in [3.05, 3.63) is 59.7 Å². The SMILES string of the molecule is CC(CCc1ccc(-c2ccc(C(=O)CC(N)C=O)cc2)cc1)(C(=O)NO)S(C)(=O)=O. The van der Waals surface area contributed by atoms with Crippen LogP contribution < -0.4 is 11.2 Å². The first-order chi connectivity index (χ1) is 14.5. The highest BCUT2D eigenvalue weighted by molar-refractivity contribution is 7.92. The van der Waals surface area contributed by atoms with Crippen molar-refractivity contribution in [2.45, 2.75) is 37.0 Å². The Hall–Kier alpha value is -2.88. The Bertz CT molecular complexity index is 1050. The van der Waals surface area contributed by atoms with Gasteiger partial charge in [0, 0.05) is 18.2 Å². The molecule has 2 atom stereocenters. The van der Waals surface area contributed by atoms with Crippen LogP contribution in [0.25, 0.3) is 11.1 Å². The van der Waals surface area contributed by atoms with Crippen molar-refractivity contribution in [1.82, 2.24) is 5.48 Å². The van der Waals surface area contributed by atoms with E-state index in [1.165, 1.54) is 12.4 Å². The van der Waals surface area contributed by atoms with Crippen LogP contribution in [0.3, 0.4) is 0 Å². The smallest absolute Gasteiger partial charge is 0.264 e. The topological polar surface area (TPSA) is 144 Å². The third-order valence-electron chi connectivity index (χ3n) is 5.38. The van der Waals surface area contributed by atoms with Gasteiger partial charge in [-0.15, -0.1) is 0 Å². The number of sulfone groups is 1. The highest BCUT2D eigenvalue weighted by Crippen LogP contribution is 2.25. The van der Waals surface area contributed by atoms with Crippen molar-refractivity contribution >= 4 is 27.8 Å². The second-order valence-electron chi connectivity index (χ2n) is 7.65. The van der Waals surface area contributed by atoms with E-state index >= 15 is 0 Å². The van der Waals surface area contributed by atoms with Gasteiger partial charge in [0.05, 0.1) is 6.04 Å². The zero-order valence-corrected chi connectivity index (χ0v) is 18.2. The van der Waals surface area contributed by atoms with Gasteiger partial charge >= 0.3 is 0 Å². The number of aldehydes is 1. The number of hydrogen-bond donors (Lipinski definition) is 3. The summed E-state index contributed by atoms with van der Waals surface area (Å²) in [5.74, 6) is -1.17. The number of Topliss-reactive ketones (excluding diaryl/α,β-unsaturated/α-hetero) is 1. The molecule has 0 heterocycles. The number of carbonyl (C=O) groups is 3. The van der Waals surface area contributed by atoms with Gasteiger partial charge in [0.25, 0.3) is 5.91 Å². The molecule has 0 aliphatic rings. The molecule has 166 valence electrons. The van der Waals surface area contributed by atoms with Gasteiger partial charge in [-0.3, -0.25) is 14.8 Å². The van der Waals surface area contributed by atoms with Crippen LogP contribution in [-0.4, -0.2) is 48.6 Å². The number of amides is 1. The fraction of sp³-hybridized carbons (Fsp3) is 0.318. The number of hydrogen-bond acceptors (Lipinski definition) is 7. The van der Waals surface area contributed by atoms with E-state index < -0.39 is 26.5 Å². The van der Waals surface area contributed by atoms with E-state index in [0.29, 0.717) is 18.3 Å². The first kappa shape index (κ1) is 24.4. The Labute approximate surface area is 181 Å². The molecule has 0 aliphatic carbocycles. The van der Waals surface area contributed by atoms with E-state index in [1.54, 1.807) is 24.3 Å². The minimum atomic E-state index is -3.74. The third-order valence-corrected chi connectivity index (χ3v) is 7.41. The number of ketones is 1. The molecule has 1 amide bonds. The summed E-state index contributed by atoms with van der Waals surface area (Å²) in [6, 6.07) is 13.5. The van der Waals surface area contributed by atoms with Gasteiger partial charge in [-0.05, 0) is 36.5 Å². The Balaban J connectivity index is 2.10. The van der Waals surface area contributed by atoms with Crippen LogP contribution in [0.15, 0.2) is 48.5 Å². The van der Waals surface area contributed by atoms with E-state index in [4.69, 9.17) is 10.9 Å². The summed E-state index contributed by atoms with van der Waals surface area (Å²) in [6.45, 7) is 1.28. The molecule has 2 unspecified atom stereocenters. The monoisotopic (exact) mass is 446 g/mol. The van der Waals surface area contributed by atoms with Gasteiger partial charge in [-0.1, -0.05) is 48.5 Å². The standard InChI is InChI=1S/C22H26N2O6S/c1-22(21(27)24-28,31(2,29)30)12-11-15-3-5-16(6-4-15)17-7-9-18(10-8-17)20(26)13-19(23)14-25/h3-10,14,19,28H,11-13,23H2,1-2H3,(H,24,27). The van der Waals surface area contributed by atoms with Crippen LogP contribution in [0.4, 0.5) is 0 Å². The van der Waals surface area contributed by atoms with Crippen LogP contribution >= 0.6 is 0 Å². The van der Waals surface area contributed by atoms with E-state index in [0.717, 1.165) is 22.9 Å². The van der Waals surface area contributed by atoms with Gasteiger partial charge < -0.3 is 10.5 Å². The zero-order valence-electron chi connectivity index (χ0n) is 17.4. The molecule has 4 N–H and O–H groups in total. The maximum atomic E-state index is 12.1. The second kappa shape index (κ2) is 9.95. The average Bonchev–Trinajstić information content (AvgIpc) is 2.76. The maximum absolute atomic E-state index is 12.1. The van der Waals surface area contributed by atoms with Crippen LogP contribution in [-0.2, 0) is 25.8 Å². The molecule has 2 aromatic carbocycles. The number of nitrogens with one attached hydrogen (secondary N) is 1. The number of benzene rings is 2. The Morgan fingerprint density at radius 2 is 1.61 bits per heavy atom. The summed E-state index contributed by atoms with van der Waals surface area (Å²) in [5, 5.41) is 8.90. The Kier molecular flexibility index (Phi) is 7.83. The zero-order chi connectivity index (χ0) is 23.2. The van der Waals surface area contributed by atoms with Gasteiger partial charge in [-0.25, -0.2) is 13.9 Å². The molecule has 0 saturated heterocycles. The number of aryl methyl sites for hydroxylation is 1. The minimum Gasteiger partial charge on any atom is -0.321 e. The lowest BCUT2D eigenvalue weighted by Gasteiger charge is -2.25. The molecule has 0 spiro atoms. The van der Waals surface area contributed by atoms with Crippen LogP contribution in [0, 0.1) is 0 Å². The predicted octanol–water partition coefficient (Wildman–Crippen LogP) is 1.69. The van der Waals surface area contributed by atoms with E-state index in [2.05, 4.69) is 0 Å². The maximum Gasteiger partial charge on any atom is 0.264 e. The lowest BCUT2D eigenvalue weighted by Crippen LogP contribution is -2.49. The highest BCUT2D eigenvalue weighted by Gasteiger charge is 2.43. The van der Waals surface area contributed by atoms with Crippen LogP contribution in [0.1, 0.15) is 35.7 Å². The summed E-state index contributed by atoms with van der Waals surface area (Å²) in [7, 11) is -3.74. The molecule has 0 saturated carbocycles. The van der Waals surface area contributed by atoms with Gasteiger partial charge in [-0.2, -0.15) is 0 Å². The molecule has 2 rings (SSSR count). The molecular weight excluding hydrogens is 420 g/mol. The first-order valence-corrected chi connectivity index (χ1v) is 11.5. The molecule has 31 heavy (non-hydrogen) atoms. The summed E-state index contributed by atoms with van der Waals surface area (Å²) in [6.07, 6.45) is 1.80. The molecule has 0 aromatic heterocycles. The molecule has 9 heteroatoms. The van der Waals surface area contributed by atoms with Crippen LogP contribution in [0.5, 0.6) is 0 Å². The van der Waals surface area contributed by atoms with Gasteiger partial charge in [0.15, 0.2) is 15.6 Å². The fourth-order valence-corrected chi connectivity index (χ4v) is 3.92. The largest absolute Gasteiger partial charge is 0.321 e. The minimum absolute atomic E-state index is 0.0112. The average molecular weight is 447 g/mol. The first-order valence-electron chi connectivity index (χ1n) is 9.59. The molecule has 0 radical (unpaired) electrons. The van der Waals surface area contributed by atoms with Crippen LogP contribution in [0.2, 0.25) is 0 Å². The quantitative estimate of drug-likeness (QED) is 0.218. The van der Waals surface area contributed by atoms with Gasteiger partial charge in [0.1, 0.15) is 11.0 Å². The molecule has 0 fully saturated rings. The number of hydroxylamine groups is 1. The molecule has 2 aromatic rings. The number of carbonyl (C=O) groups excluding carboxylic acids is 3. The van der Waals surface area contributed by atoms with E-state index in [1.807, 2.05) is 24.3 Å². The van der Waals surface area contributed by atoms with Gasteiger partial charge in [0.2, 0.25) is 0 Å². The molecule has 0 bridgehead atoms. The van der Waals surface area contributed by atoms with Crippen molar-refractivity contribution < 1.29 is 28.0 Å². The Morgan fingerprint density at radius 1 is 1.10 bits per heavy atom. The third kappa shape index (κ3) is 5.84. The Morgan fingerprint density at radius 3 is 2.06 bits per heavy atom. The van der Waals surface area contributed by atoms with Crippen molar-refractivity contribution in [1.29, 1.82) is 0 Å². The normalized spacial score (nSPS) is 14.3. The summed E-state index contributed by atoms with van der Waals surface area (Å²) in [5.41, 5.74) is 10.0. The summed E-state index contributed by atoms with van der Waals surface area (Å²) in [4.78, 5) is 34.6. The predicted molar refractivity (Wildman–Crippen MR) is 116 cm³/mol. The lowest BCUT2D eigenvalue weighted by atomic mass is 9.96. The fourth-order valence-electron chi connectivity index (χ4n) is 3.06. The summed E-state index contributed by atoms with van der Waals surface area (Å²) >= 11 is 0. The summed E-state index contributed by atoms with van der Waals surface area (Å²) < 4.78 is 22.3. The second-order valence-corrected chi connectivity index (χ2v) is 10.1. The highest BCUT2D eigenvalue weighted by atomic mass is 32.2. The molecule has 0 aliphatic heterocycles. The van der Waals surface area contributed by atoms with Crippen molar-refractivity contribution in [3.63, 3.8) is 0 Å². The van der Waals surface area contributed by atoms with Crippen molar-refractivity contribution in [2.24, 2.45) is 5.73 Å². The molecular formula is C22H26N2O6S. The lowest BCUT2D eigenvalue weighted by molar-refractivity contribution is -0.131. The number of nitrogens with two attached hydrogens (primary N) is 1. The number of rotatable bonds is 10. The van der Waals surface area contributed by atoms with Crippen molar-refractivity contribution in [2.75, 3.05) is 6.26 Å².